The van der Waals surface area contributed by atoms with Crippen molar-refractivity contribution in [1.82, 2.24) is 0 Å². The van der Waals surface area contributed by atoms with Crippen molar-refractivity contribution in [3.63, 3.8) is 0 Å². The highest BCUT2D eigenvalue weighted by Crippen LogP contribution is 2.22. The second-order valence-electron chi connectivity index (χ2n) is 3.71. The van der Waals surface area contributed by atoms with E-state index < -0.39 is 5.91 Å². The third-order valence-electron chi connectivity index (χ3n) is 1.79. The molecule has 0 atom stereocenters. The van der Waals surface area contributed by atoms with Crippen molar-refractivity contribution in [3.8, 4) is 5.75 Å². The van der Waals surface area contributed by atoms with E-state index in [-0.39, 0.29) is 0 Å². The van der Waals surface area contributed by atoms with Crippen LogP contribution in [0.3, 0.4) is 0 Å². The van der Waals surface area contributed by atoms with Crippen LogP contribution in [0.25, 0.3) is 0 Å². The predicted molar refractivity (Wildman–Crippen MR) is 60.3 cm³/mol. The van der Waals surface area contributed by atoms with Crippen molar-refractivity contribution in [3.05, 3.63) is 28.8 Å². The van der Waals surface area contributed by atoms with Crippen molar-refractivity contribution in [1.29, 1.82) is 0 Å². The summed E-state index contributed by atoms with van der Waals surface area (Å²) in [6, 6.07) is 4.86. The monoisotopic (exact) mass is 227 g/mol. The maximum Gasteiger partial charge on any atom is 0.250 e. The predicted octanol–water partition coefficient (Wildman–Crippen LogP) is 2.47. The Hall–Kier alpha value is -1.22. The first-order valence-corrected chi connectivity index (χ1v) is 5.10. The largest absolute Gasteiger partial charge is 0.493 e. The number of nitrogens with two attached hydrogens (primary N) is 1. The zero-order chi connectivity index (χ0) is 11.4. The average molecular weight is 228 g/mol. The van der Waals surface area contributed by atoms with Crippen LogP contribution in [0, 0.1) is 5.92 Å². The first-order valence-electron chi connectivity index (χ1n) is 4.73. The van der Waals surface area contributed by atoms with Gasteiger partial charge in [-0.2, -0.15) is 0 Å². The fraction of sp³-hybridized carbons (Fsp3) is 0.364. The summed E-state index contributed by atoms with van der Waals surface area (Å²) in [4.78, 5) is 10.9. The van der Waals surface area contributed by atoms with Crippen molar-refractivity contribution in [2.45, 2.75) is 13.8 Å². The zero-order valence-electron chi connectivity index (χ0n) is 8.79. The SMILES string of the molecule is CC(C)COc1ccc(C(N)=O)c(Cl)c1. The summed E-state index contributed by atoms with van der Waals surface area (Å²) < 4.78 is 5.45. The van der Waals surface area contributed by atoms with Gasteiger partial charge in [-0.1, -0.05) is 25.4 Å². The molecule has 0 bridgehead atoms. The molecule has 1 amide bonds. The molecule has 2 N–H and O–H groups in total. The number of rotatable bonds is 4. The molecule has 4 heteroatoms. The molecule has 0 aliphatic rings. The van der Waals surface area contributed by atoms with E-state index in [4.69, 9.17) is 22.1 Å². The Bertz CT molecular complexity index is 364. The number of amides is 1. The van der Waals surface area contributed by atoms with E-state index in [2.05, 4.69) is 13.8 Å². The van der Waals surface area contributed by atoms with E-state index in [1.165, 1.54) is 0 Å². The molecule has 0 aromatic heterocycles. The Labute approximate surface area is 94.2 Å². The van der Waals surface area contributed by atoms with Crippen molar-refractivity contribution >= 4 is 17.5 Å². The molecule has 1 rings (SSSR count). The maximum atomic E-state index is 10.9. The number of primary amides is 1. The normalized spacial score (nSPS) is 10.4. The van der Waals surface area contributed by atoms with Gasteiger partial charge in [0.15, 0.2) is 0 Å². The Morgan fingerprint density at radius 1 is 1.53 bits per heavy atom. The van der Waals surface area contributed by atoms with Crippen LogP contribution in [-0.2, 0) is 0 Å². The summed E-state index contributed by atoms with van der Waals surface area (Å²) in [5.41, 5.74) is 5.44. The highest BCUT2D eigenvalue weighted by Gasteiger charge is 2.07. The van der Waals surface area contributed by atoms with Gasteiger partial charge in [0.25, 0.3) is 0 Å². The van der Waals surface area contributed by atoms with Crippen LogP contribution in [0.15, 0.2) is 18.2 Å². The van der Waals surface area contributed by atoms with E-state index >= 15 is 0 Å². The molecule has 0 saturated carbocycles. The molecule has 82 valence electrons. The molecule has 0 fully saturated rings. The maximum absolute atomic E-state index is 10.9. The van der Waals surface area contributed by atoms with E-state index in [1.807, 2.05) is 0 Å². The lowest BCUT2D eigenvalue weighted by Crippen LogP contribution is -2.11. The van der Waals surface area contributed by atoms with Crippen LogP contribution in [0.2, 0.25) is 5.02 Å². The number of benzene rings is 1. The minimum Gasteiger partial charge on any atom is -0.493 e. The van der Waals surface area contributed by atoms with Crippen molar-refractivity contribution < 1.29 is 9.53 Å². The van der Waals surface area contributed by atoms with E-state index in [0.29, 0.717) is 28.9 Å². The summed E-state index contributed by atoms with van der Waals surface area (Å²) >= 11 is 5.86. The smallest absolute Gasteiger partial charge is 0.250 e. The molecule has 1 aromatic carbocycles. The van der Waals surface area contributed by atoms with Crippen molar-refractivity contribution in [2.24, 2.45) is 11.7 Å². The summed E-state index contributed by atoms with van der Waals surface area (Å²) in [5, 5.41) is 0.323. The van der Waals surface area contributed by atoms with Gasteiger partial charge in [-0.05, 0) is 24.1 Å². The van der Waals surface area contributed by atoms with Gasteiger partial charge >= 0.3 is 0 Å². The Balaban J connectivity index is 2.78. The molecule has 3 nitrogen and oxygen atoms in total. The molecule has 0 radical (unpaired) electrons. The zero-order valence-corrected chi connectivity index (χ0v) is 9.54. The third-order valence-corrected chi connectivity index (χ3v) is 2.10. The lowest BCUT2D eigenvalue weighted by Gasteiger charge is -2.09. The van der Waals surface area contributed by atoms with Crippen LogP contribution < -0.4 is 10.5 Å². The standard InChI is InChI=1S/C11H14ClNO2/c1-7(2)6-15-8-3-4-9(11(13)14)10(12)5-8/h3-5,7H,6H2,1-2H3,(H2,13,14). The third kappa shape index (κ3) is 3.44. The highest BCUT2D eigenvalue weighted by molar-refractivity contribution is 6.33. The van der Waals surface area contributed by atoms with E-state index in [9.17, 15) is 4.79 Å². The molecule has 0 aliphatic carbocycles. The first kappa shape index (κ1) is 11.9. The summed E-state index contributed by atoms with van der Waals surface area (Å²) in [7, 11) is 0. The van der Waals surface area contributed by atoms with Crippen LogP contribution in [-0.4, -0.2) is 12.5 Å². The first-order chi connectivity index (χ1) is 7.00. The number of halogens is 1. The van der Waals surface area contributed by atoms with E-state index in [0.717, 1.165) is 0 Å². The number of hydrogen-bond donors (Lipinski definition) is 1. The number of carbonyl (C=O) groups excluding carboxylic acids is 1. The molecule has 0 aliphatic heterocycles. The van der Waals surface area contributed by atoms with Gasteiger partial charge in [0.05, 0.1) is 17.2 Å². The van der Waals surface area contributed by atoms with Gasteiger partial charge in [-0.15, -0.1) is 0 Å². The molecule has 0 spiro atoms. The number of carbonyl (C=O) groups is 1. The van der Waals surface area contributed by atoms with Crippen LogP contribution in [0.4, 0.5) is 0 Å². The quantitative estimate of drug-likeness (QED) is 0.859. The van der Waals surface area contributed by atoms with Gasteiger partial charge in [-0.25, -0.2) is 0 Å². The number of ether oxygens (including phenoxy) is 1. The minimum atomic E-state index is -0.532. The molecular weight excluding hydrogens is 214 g/mol. The topological polar surface area (TPSA) is 52.3 Å². The fourth-order valence-electron chi connectivity index (χ4n) is 1.05. The molecule has 0 unspecified atom stereocenters. The molecule has 0 heterocycles. The molecule has 15 heavy (non-hydrogen) atoms. The fourth-order valence-corrected chi connectivity index (χ4v) is 1.31. The second-order valence-corrected chi connectivity index (χ2v) is 4.12. The van der Waals surface area contributed by atoms with E-state index in [1.54, 1.807) is 18.2 Å². The summed E-state index contributed by atoms with van der Waals surface area (Å²) in [5.74, 6) is 0.564. The van der Waals surface area contributed by atoms with Crippen LogP contribution >= 0.6 is 11.6 Å². The number of hydrogen-bond acceptors (Lipinski definition) is 2. The molecular formula is C11H14ClNO2. The summed E-state index contributed by atoms with van der Waals surface area (Å²) in [6.07, 6.45) is 0. The van der Waals surface area contributed by atoms with Crippen LogP contribution in [0.1, 0.15) is 24.2 Å². The lowest BCUT2D eigenvalue weighted by molar-refractivity contribution is 0.100. The van der Waals surface area contributed by atoms with Gasteiger partial charge in [0.1, 0.15) is 5.75 Å². The van der Waals surface area contributed by atoms with Crippen LogP contribution in [0.5, 0.6) is 5.75 Å². The Morgan fingerprint density at radius 3 is 2.67 bits per heavy atom. The van der Waals surface area contributed by atoms with Gasteiger partial charge < -0.3 is 10.5 Å². The Morgan fingerprint density at radius 2 is 2.20 bits per heavy atom. The second kappa shape index (κ2) is 5.03. The van der Waals surface area contributed by atoms with Gasteiger partial charge in [-0.3, -0.25) is 4.79 Å². The Kier molecular flexibility index (Phi) is 3.97. The molecule has 1 aromatic rings. The highest BCUT2D eigenvalue weighted by atomic mass is 35.5. The van der Waals surface area contributed by atoms with Gasteiger partial charge in [0.2, 0.25) is 5.91 Å². The minimum absolute atomic E-state index is 0.313. The lowest BCUT2D eigenvalue weighted by atomic mass is 10.2. The van der Waals surface area contributed by atoms with Gasteiger partial charge in [0, 0.05) is 0 Å². The summed E-state index contributed by atoms with van der Waals surface area (Å²) in [6.45, 7) is 4.73. The molecule has 0 saturated heterocycles. The van der Waals surface area contributed by atoms with Crippen molar-refractivity contribution in [2.75, 3.05) is 6.61 Å². The average Bonchev–Trinajstić information content (AvgIpc) is 2.14.